The van der Waals surface area contributed by atoms with Crippen LogP contribution in [0.15, 0.2) is 12.3 Å². The maximum atomic E-state index is 5.25. The molecular weight excluding hydrogens is 176 g/mol. The Labute approximate surface area is 84.5 Å². The molecule has 1 aromatic rings. The van der Waals surface area contributed by atoms with E-state index in [1.807, 2.05) is 19.2 Å². The Morgan fingerprint density at radius 1 is 1.57 bits per heavy atom. The minimum atomic E-state index is 0.839. The van der Waals surface area contributed by atoms with Gasteiger partial charge in [0.05, 0.1) is 7.11 Å². The molecule has 0 bridgehead atoms. The van der Waals surface area contributed by atoms with Crippen molar-refractivity contribution in [2.45, 2.75) is 19.8 Å². The lowest BCUT2D eigenvalue weighted by atomic mass is 10.3. The molecule has 76 valence electrons. The lowest BCUT2D eigenvalue weighted by molar-refractivity contribution is 0.414. The van der Waals surface area contributed by atoms with Crippen molar-refractivity contribution in [2.75, 3.05) is 19.0 Å². The minimum absolute atomic E-state index is 0.839. The lowest BCUT2D eigenvalue weighted by Gasteiger charge is -2.09. The van der Waals surface area contributed by atoms with Gasteiger partial charge in [0.25, 0.3) is 0 Å². The van der Waals surface area contributed by atoms with Crippen LogP contribution in [0.2, 0.25) is 0 Å². The third kappa shape index (κ3) is 2.16. The third-order valence-electron chi connectivity index (χ3n) is 2.46. The van der Waals surface area contributed by atoms with Crippen LogP contribution in [0.4, 0.5) is 5.82 Å². The number of hydrogen-bond acceptors (Lipinski definition) is 3. The molecule has 1 saturated carbocycles. The number of anilines is 1. The summed E-state index contributed by atoms with van der Waals surface area (Å²) in [6.07, 6.45) is 4.56. The summed E-state index contributed by atoms with van der Waals surface area (Å²) in [4.78, 5) is 4.31. The molecule has 1 N–H and O–H groups in total. The second-order valence-electron chi connectivity index (χ2n) is 3.89. The number of ether oxygens (including phenoxy) is 1. The molecule has 0 radical (unpaired) electrons. The molecule has 0 saturated heterocycles. The van der Waals surface area contributed by atoms with Gasteiger partial charge in [0.15, 0.2) is 11.6 Å². The zero-order valence-corrected chi connectivity index (χ0v) is 8.71. The van der Waals surface area contributed by atoms with E-state index < -0.39 is 0 Å². The Hall–Kier alpha value is -1.25. The van der Waals surface area contributed by atoms with Crippen LogP contribution in [0.5, 0.6) is 5.75 Å². The monoisotopic (exact) mass is 192 g/mol. The first-order valence-electron chi connectivity index (χ1n) is 5.04. The maximum Gasteiger partial charge on any atom is 0.168 e. The summed E-state index contributed by atoms with van der Waals surface area (Å²) in [6, 6.07) is 2.00. The zero-order valence-electron chi connectivity index (χ0n) is 8.71. The van der Waals surface area contributed by atoms with E-state index in [9.17, 15) is 0 Å². The van der Waals surface area contributed by atoms with Crippen molar-refractivity contribution in [3.8, 4) is 5.75 Å². The molecule has 0 atom stereocenters. The summed E-state index contributed by atoms with van der Waals surface area (Å²) in [5.41, 5.74) is 1.12. The van der Waals surface area contributed by atoms with Crippen molar-refractivity contribution in [3.05, 3.63) is 17.8 Å². The van der Waals surface area contributed by atoms with E-state index in [0.717, 1.165) is 29.6 Å². The fourth-order valence-electron chi connectivity index (χ4n) is 1.39. The molecule has 1 heterocycles. The molecule has 3 heteroatoms. The van der Waals surface area contributed by atoms with Gasteiger partial charge in [-0.25, -0.2) is 4.98 Å². The van der Waals surface area contributed by atoms with Crippen LogP contribution in [0, 0.1) is 12.8 Å². The highest BCUT2D eigenvalue weighted by molar-refractivity contribution is 5.51. The highest BCUT2D eigenvalue weighted by atomic mass is 16.5. The molecule has 0 amide bonds. The third-order valence-corrected chi connectivity index (χ3v) is 2.46. The smallest absolute Gasteiger partial charge is 0.168 e. The number of nitrogens with one attached hydrogen (secondary N) is 1. The SMILES string of the molecule is COc1cc(C)cnc1NCC1CC1. The normalized spacial score (nSPS) is 15.3. The molecule has 1 aliphatic rings. The van der Waals surface area contributed by atoms with Crippen molar-refractivity contribution >= 4 is 5.82 Å². The van der Waals surface area contributed by atoms with Gasteiger partial charge < -0.3 is 10.1 Å². The predicted octanol–water partition coefficient (Wildman–Crippen LogP) is 2.22. The summed E-state index contributed by atoms with van der Waals surface area (Å²) >= 11 is 0. The molecule has 0 unspecified atom stereocenters. The van der Waals surface area contributed by atoms with Crippen LogP contribution < -0.4 is 10.1 Å². The topological polar surface area (TPSA) is 34.1 Å². The van der Waals surface area contributed by atoms with E-state index in [4.69, 9.17) is 4.74 Å². The van der Waals surface area contributed by atoms with Gasteiger partial charge in [0.2, 0.25) is 0 Å². The molecule has 0 aromatic carbocycles. The fraction of sp³-hybridized carbons (Fsp3) is 0.545. The summed E-state index contributed by atoms with van der Waals surface area (Å²) < 4.78 is 5.25. The van der Waals surface area contributed by atoms with Crippen LogP contribution in [0.3, 0.4) is 0 Å². The van der Waals surface area contributed by atoms with E-state index in [1.54, 1.807) is 7.11 Å². The highest BCUT2D eigenvalue weighted by Crippen LogP contribution is 2.30. The van der Waals surface area contributed by atoms with Crippen molar-refractivity contribution in [2.24, 2.45) is 5.92 Å². The molecule has 3 nitrogen and oxygen atoms in total. The number of pyridine rings is 1. The molecule has 1 aromatic heterocycles. The Balaban J connectivity index is 2.05. The first-order valence-corrected chi connectivity index (χ1v) is 5.04. The Morgan fingerprint density at radius 2 is 2.36 bits per heavy atom. The fourth-order valence-corrected chi connectivity index (χ4v) is 1.39. The van der Waals surface area contributed by atoms with Crippen molar-refractivity contribution in [3.63, 3.8) is 0 Å². The van der Waals surface area contributed by atoms with E-state index in [0.29, 0.717) is 0 Å². The summed E-state index contributed by atoms with van der Waals surface area (Å²) in [5, 5.41) is 3.32. The van der Waals surface area contributed by atoms with Gasteiger partial charge in [-0.1, -0.05) is 0 Å². The summed E-state index contributed by atoms with van der Waals surface area (Å²) in [6.45, 7) is 3.03. The second kappa shape index (κ2) is 3.86. The van der Waals surface area contributed by atoms with Crippen LogP contribution in [0.25, 0.3) is 0 Å². The lowest BCUT2D eigenvalue weighted by Crippen LogP contribution is -2.06. The highest BCUT2D eigenvalue weighted by Gasteiger charge is 2.21. The van der Waals surface area contributed by atoms with Crippen molar-refractivity contribution < 1.29 is 4.74 Å². The largest absolute Gasteiger partial charge is 0.493 e. The van der Waals surface area contributed by atoms with E-state index in [1.165, 1.54) is 12.8 Å². The Bertz CT molecular complexity index is 321. The van der Waals surface area contributed by atoms with Crippen molar-refractivity contribution in [1.29, 1.82) is 0 Å². The van der Waals surface area contributed by atoms with Crippen LogP contribution in [0.1, 0.15) is 18.4 Å². The van der Waals surface area contributed by atoms with E-state index in [-0.39, 0.29) is 0 Å². The molecule has 1 aliphatic carbocycles. The molecule has 1 fully saturated rings. The molecule has 2 rings (SSSR count). The standard InChI is InChI=1S/C11H16N2O/c1-8-5-10(14-2)11(12-6-8)13-7-9-3-4-9/h5-6,9H,3-4,7H2,1-2H3,(H,12,13). The summed E-state index contributed by atoms with van der Waals surface area (Å²) in [5.74, 6) is 2.55. The number of aryl methyl sites for hydroxylation is 1. The van der Waals surface area contributed by atoms with E-state index in [2.05, 4.69) is 10.3 Å². The van der Waals surface area contributed by atoms with Gasteiger partial charge in [0, 0.05) is 12.7 Å². The second-order valence-corrected chi connectivity index (χ2v) is 3.89. The van der Waals surface area contributed by atoms with E-state index >= 15 is 0 Å². The average molecular weight is 192 g/mol. The number of hydrogen-bond donors (Lipinski definition) is 1. The van der Waals surface area contributed by atoms with Gasteiger partial charge in [-0.15, -0.1) is 0 Å². The number of methoxy groups -OCH3 is 1. The first-order chi connectivity index (χ1) is 6.79. The van der Waals surface area contributed by atoms with Gasteiger partial charge in [0.1, 0.15) is 0 Å². The predicted molar refractivity (Wildman–Crippen MR) is 56.7 cm³/mol. The van der Waals surface area contributed by atoms with Gasteiger partial charge in [-0.3, -0.25) is 0 Å². The quantitative estimate of drug-likeness (QED) is 0.794. The van der Waals surface area contributed by atoms with Gasteiger partial charge >= 0.3 is 0 Å². The summed E-state index contributed by atoms with van der Waals surface area (Å²) in [7, 11) is 1.68. The van der Waals surface area contributed by atoms with Crippen LogP contribution >= 0.6 is 0 Å². The number of rotatable bonds is 4. The molecule has 14 heavy (non-hydrogen) atoms. The van der Waals surface area contributed by atoms with Gasteiger partial charge in [-0.2, -0.15) is 0 Å². The Morgan fingerprint density at radius 3 is 3.00 bits per heavy atom. The van der Waals surface area contributed by atoms with Crippen molar-refractivity contribution in [1.82, 2.24) is 4.98 Å². The molecule has 0 spiro atoms. The minimum Gasteiger partial charge on any atom is -0.493 e. The Kier molecular flexibility index (Phi) is 2.57. The maximum absolute atomic E-state index is 5.25. The zero-order chi connectivity index (χ0) is 9.97. The van der Waals surface area contributed by atoms with Gasteiger partial charge in [-0.05, 0) is 37.3 Å². The number of aromatic nitrogens is 1. The molecule has 0 aliphatic heterocycles. The molecular formula is C11H16N2O. The van der Waals surface area contributed by atoms with Crippen LogP contribution in [-0.4, -0.2) is 18.6 Å². The number of nitrogens with zero attached hydrogens (tertiary/aromatic N) is 1. The average Bonchev–Trinajstić information content (AvgIpc) is 2.99. The van der Waals surface area contributed by atoms with Crippen LogP contribution in [-0.2, 0) is 0 Å². The first kappa shape index (κ1) is 9.31.